The number of carbonyl (C=O) groups is 1. The summed E-state index contributed by atoms with van der Waals surface area (Å²) in [4.78, 5) is 18.3. The Morgan fingerprint density at radius 1 is 1.33 bits per heavy atom. The highest BCUT2D eigenvalue weighted by molar-refractivity contribution is 7.98. The van der Waals surface area contributed by atoms with Crippen LogP contribution >= 0.6 is 23.1 Å². The standard InChI is InChI=1S/C19H17N3O3S2/c1-12-17-14(18(23)20-6-9-26-11-13-4-2-7-24-13)10-15(16-5-3-8-27-16)21-19(17)25-22-12/h2-5,7-8,10H,6,9,11H2,1H3,(H,20,23). The lowest BCUT2D eigenvalue weighted by atomic mass is 10.1. The van der Waals surface area contributed by atoms with Crippen LogP contribution in [0.15, 0.2) is 50.9 Å². The second kappa shape index (κ2) is 7.98. The number of nitrogens with one attached hydrogen (secondary N) is 1. The number of furan rings is 1. The zero-order valence-electron chi connectivity index (χ0n) is 14.6. The second-order valence-electron chi connectivity index (χ2n) is 5.87. The number of carbonyl (C=O) groups excluding carboxylic acids is 1. The highest BCUT2D eigenvalue weighted by Gasteiger charge is 2.19. The van der Waals surface area contributed by atoms with Gasteiger partial charge in [0.05, 0.1) is 39.2 Å². The summed E-state index contributed by atoms with van der Waals surface area (Å²) in [6.07, 6.45) is 1.67. The first-order chi connectivity index (χ1) is 13.2. The van der Waals surface area contributed by atoms with E-state index in [0.717, 1.165) is 22.1 Å². The molecule has 138 valence electrons. The van der Waals surface area contributed by atoms with Gasteiger partial charge in [-0.05, 0) is 36.6 Å². The Labute approximate surface area is 164 Å². The zero-order valence-corrected chi connectivity index (χ0v) is 16.2. The van der Waals surface area contributed by atoms with Gasteiger partial charge in [0, 0.05) is 12.3 Å². The Morgan fingerprint density at radius 2 is 2.26 bits per heavy atom. The number of pyridine rings is 1. The van der Waals surface area contributed by atoms with Crippen LogP contribution in [0.4, 0.5) is 0 Å². The number of nitrogens with zero attached hydrogens (tertiary/aromatic N) is 2. The minimum absolute atomic E-state index is 0.148. The molecule has 0 aromatic carbocycles. The molecule has 0 radical (unpaired) electrons. The van der Waals surface area contributed by atoms with Crippen molar-refractivity contribution in [3.8, 4) is 10.6 Å². The van der Waals surface area contributed by atoms with Crippen LogP contribution in [0.3, 0.4) is 0 Å². The molecular weight excluding hydrogens is 382 g/mol. The number of fused-ring (bicyclic) bond motifs is 1. The van der Waals surface area contributed by atoms with E-state index in [2.05, 4.69) is 15.5 Å². The van der Waals surface area contributed by atoms with Crippen LogP contribution in [0.1, 0.15) is 21.8 Å². The lowest BCUT2D eigenvalue weighted by Gasteiger charge is -2.07. The molecular formula is C19H17N3O3S2. The van der Waals surface area contributed by atoms with E-state index >= 15 is 0 Å². The van der Waals surface area contributed by atoms with Crippen molar-refractivity contribution < 1.29 is 13.7 Å². The van der Waals surface area contributed by atoms with Gasteiger partial charge in [0.15, 0.2) is 0 Å². The Hall–Kier alpha value is -2.58. The van der Waals surface area contributed by atoms with Crippen molar-refractivity contribution >= 4 is 40.1 Å². The SMILES string of the molecule is Cc1noc2nc(-c3cccs3)cc(C(=O)NCCSCc3ccco3)c12. The van der Waals surface area contributed by atoms with Crippen molar-refractivity contribution in [3.05, 3.63) is 59.0 Å². The monoisotopic (exact) mass is 399 g/mol. The van der Waals surface area contributed by atoms with Gasteiger partial charge in [-0.25, -0.2) is 4.98 Å². The van der Waals surface area contributed by atoms with E-state index in [1.165, 1.54) is 0 Å². The fourth-order valence-electron chi connectivity index (χ4n) is 2.72. The van der Waals surface area contributed by atoms with E-state index in [0.29, 0.717) is 34.6 Å². The maximum Gasteiger partial charge on any atom is 0.259 e. The van der Waals surface area contributed by atoms with E-state index < -0.39 is 0 Å². The number of hydrogen-bond acceptors (Lipinski definition) is 7. The van der Waals surface area contributed by atoms with Gasteiger partial charge in [0.25, 0.3) is 11.6 Å². The van der Waals surface area contributed by atoms with Gasteiger partial charge >= 0.3 is 0 Å². The van der Waals surface area contributed by atoms with E-state index in [1.54, 1.807) is 29.4 Å². The largest absolute Gasteiger partial charge is 0.468 e. The van der Waals surface area contributed by atoms with Gasteiger partial charge in [-0.15, -0.1) is 11.3 Å². The van der Waals surface area contributed by atoms with Crippen LogP contribution in [0.25, 0.3) is 21.7 Å². The molecule has 0 aliphatic heterocycles. The molecule has 0 unspecified atom stereocenters. The number of hydrogen-bond donors (Lipinski definition) is 1. The first-order valence-electron chi connectivity index (χ1n) is 8.41. The van der Waals surface area contributed by atoms with Crippen molar-refractivity contribution in [3.63, 3.8) is 0 Å². The fourth-order valence-corrected chi connectivity index (χ4v) is 4.17. The molecule has 0 bridgehead atoms. The molecule has 6 nitrogen and oxygen atoms in total. The number of amides is 1. The van der Waals surface area contributed by atoms with Gasteiger partial charge in [-0.3, -0.25) is 4.79 Å². The van der Waals surface area contributed by atoms with E-state index in [-0.39, 0.29) is 5.91 Å². The van der Waals surface area contributed by atoms with Gasteiger partial charge in [0.2, 0.25) is 0 Å². The third kappa shape index (κ3) is 3.91. The molecule has 0 spiro atoms. The summed E-state index contributed by atoms with van der Waals surface area (Å²) < 4.78 is 10.6. The Balaban J connectivity index is 1.47. The predicted octanol–water partition coefficient (Wildman–Crippen LogP) is 4.52. The van der Waals surface area contributed by atoms with Crippen molar-refractivity contribution in [1.29, 1.82) is 0 Å². The lowest BCUT2D eigenvalue weighted by Crippen LogP contribution is -2.26. The van der Waals surface area contributed by atoms with Crippen molar-refractivity contribution in [2.45, 2.75) is 12.7 Å². The first kappa shape index (κ1) is 17.8. The maximum atomic E-state index is 12.8. The summed E-state index contributed by atoms with van der Waals surface area (Å²) in [5, 5.41) is 9.59. The van der Waals surface area contributed by atoms with Gasteiger partial charge < -0.3 is 14.3 Å². The number of thioether (sulfide) groups is 1. The Morgan fingerprint density at radius 3 is 3.04 bits per heavy atom. The van der Waals surface area contributed by atoms with E-state index in [1.807, 2.05) is 42.6 Å². The molecule has 0 atom stereocenters. The normalized spacial score (nSPS) is 11.1. The molecule has 8 heteroatoms. The van der Waals surface area contributed by atoms with Gasteiger partial charge in [-0.1, -0.05) is 11.2 Å². The molecule has 27 heavy (non-hydrogen) atoms. The predicted molar refractivity (Wildman–Crippen MR) is 107 cm³/mol. The highest BCUT2D eigenvalue weighted by atomic mass is 32.2. The molecule has 1 N–H and O–H groups in total. The molecule has 0 aliphatic rings. The summed E-state index contributed by atoms with van der Waals surface area (Å²) in [6, 6.07) is 9.55. The third-order valence-electron chi connectivity index (χ3n) is 3.99. The first-order valence-corrected chi connectivity index (χ1v) is 10.4. The van der Waals surface area contributed by atoms with Crippen LogP contribution in [-0.4, -0.2) is 28.3 Å². The van der Waals surface area contributed by atoms with Crippen molar-refractivity contribution in [2.24, 2.45) is 0 Å². The average Bonchev–Trinajstić information content (AvgIpc) is 3.43. The van der Waals surface area contributed by atoms with Crippen molar-refractivity contribution in [2.75, 3.05) is 12.3 Å². The average molecular weight is 399 g/mol. The van der Waals surface area contributed by atoms with Crippen LogP contribution in [-0.2, 0) is 5.75 Å². The molecule has 0 fully saturated rings. The number of aryl methyl sites for hydroxylation is 1. The summed E-state index contributed by atoms with van der Waals surface area (Å²) >= 11 is 3.27. The quantitative estimate of drug-likeness (QED) is 0.460. The summed E-state index contributed by atoms with van der Waals surface area (Å²) in [6.45, 7) is 2.38. The number of aromatic nitrogens is 2. The second-order valence-corrected chi connectivity index (χ2v) is 7.92. The smallest absolute Gasteiger partial charge is 0.259 e. The molecule has 0 saturated carbocycles. The van der Waals surface area contributed by atoms with E-state index in [4.69, 9.17) is 8.94 Å². The molecule has 4 aromatic rings. The Bertz CT molecular complexity index is 1040. The minimum Gasteiger partial charge on any atom is -0.468 e. The third-order valence-corrected chi connectivity index (χ3v) is 5.87. The van der Waals surface area contributed by atoms with E-state index in [9.17, 15) is 4.79 Å². The van der Waals surface area contributed by atoms with Gasteiger partial charge in [0.1, 0.15) is 5.76 Å². The van der Waals surface area contributed by atoms with Crippen LogP contribution in [0.5, 0.6) is 0 Å². The fraction of sp³-hybridized carbons (Fsp3) is 0.211. The van der Waals surface area contributed by atoms with Crippen LogP contribution in [0, 0.1) is 6.92 Å². The molecule has 4 heterocycles. The highest BCUT2D eigenvalue weighted by Crippen LogP contribution is 2.29. The van der Waals surface area contributed by atoms with Crippen LogP contribution in [0.2, 0.25) is 0 Å². The van der Waals surface area contributed by atoms with Gasteiger partial charge in [-0.2, -0.15) is 11.8 Å². The summed E-state index contributed by atoms with van der Waals surface area (Å²) in [7, 11) is 0. The maximum absolute atomic E-state index is 12.8. The molecule has 1 amide bonds. The molecule has 0 aliphatic carbocycles. The Kier molecular flexibility index (Phi) is 5.26. The lowest BCUT2D eigenvalue weighted by molar-refractivity contribution is 0.0957. The van der Waals surface area contributed by atoms with Crippen LogP contribution < -0.4 is 5.32 Å². The topological polar surface area (TPSA) is 81.2 Å². The molecule has 4 aromatic heterocycles. The minimum atomic E-state index is -0.148. The summed E-state index contributed by atoms with van der Waals surface area (Å²) in [5.41, 5.74) is 2.30. The van der Waals surface area contributed by atoms with Crippen molar-refractivity contribution in [1.82, 2.24) is 15.5 Å². The number of thiophene rings is 1. The number of rotatable bonds is 7. The molecule has 4 rings (SSSR count). The summed E-state index contributed by atoms with van der Waals surface area (Å²) in [5.74, 6) is 2.37. The zero-order chi connectivity index (χ0) is 18.6. The molecule has 0 saturated heterocycles.